The highest BCUT2D eigenvalue weighted by molar-refractivity contribution is 5.93. The van der Waals surface area contributed by atoms with Crippen molar-refractivity contribution in [2.75, 3.05) is 12.8 Å². The van der Waals surface area contributed by atoms with E-state index in [2.05, 4.69) is 4.74 Å². The fourth-order valence-electron chi connectivity index (χ4n) is 1.74. The van der Waals surface area contributed by atoms with Crippen LogP contribution in [0.25, 0.3) is 0 Å². The van der Waals surface area contributed by atoms with E-state index in [9.17, 15) is 9.59 Å². The van der Waals surface area contributed by atoms with Crippen LogP contribution in [0.4, 0.5) is 5.69 Å². The number of benzene rings is 2. The maximum atomic E-state index is 12.0. The summed E-state index contributed by atoms with van der Waals surface area (Å²) in [5, 5.41) is 0. The van der Waals surface area contributed by atoms with Gasteiger partial charge in [0.1, 0.15) is 5.75 Å². The first kappa shape index (κ1) is 14.6. The van der Waals surface area contributed by atoms with E-state index in [-0.39, 0.29) is 5.75 Å². The zero-order valence-electron chi connectivity index (χ0n) is 11.8. The minimum atomic E-state index is -0.538. The lowest BCUT2D eigenvalue weighted by Gasteiger charge is -2.07. The molecule has 0 aliphatic carbocycles. The molecule has 108 valence electrons. The van der Waals surface area contributed by atoms with Crippen molar-refractivity contribution >= 4 is 17.6 Å². The van der Waals surface area contributed by atoms with Gasteiger partial charge in [-0.15, -0.1) is 0 Å². The Balaban J connectivity index is 2.19. The molecule has 0 bridgehead atoms. The van der Waals surface area contributed by atoms with Crippen molar-refractivity contribution in [2.24, 2.45) is 0 Å². The topological polar surface area (TPSA) is 78.6 Å². The number of hydrogen-bond acceptors (Lipinski definition) is 5. The Bertz CT molecular complexity index is 694. The number of aryl methyl sites for hydroxylation is 1. The normalized spacial score (nSPS) is 10.0. The van der Waals surface area contributed by atoms with Crippen LogP contribution >= 0.6 is 0 Å². The fourth-order valence-corrected chi connectivity index (χ4v) is 1.74. The number of nitrogen functional groups attached to an aromatic ring is 1. The minimum Gasteiger partial charge on any atom is -0.465 e. The van der Waals surface area contributed by atoms with Crippen LogP contribution in [0.2, 0.25) is 0 Å². The molecule has 0 radical (unpaired) electrons. The number of carbonyl (C=O) groups is 2. The molecular formula is C16H15NO4. The molecule has 2 rings (SSSR count). The molecule has 0 saturated heterocycles. The summed E-state index contributed by atoms with van der Waals surface area (Å²) in [6.45, 7) is 1.85. The molecule has 5 heteroatoms. The molecule has 21 heavy (non-hydrogen) atoms. The van der Waals surface area contributed by atoms with Gasteiger partial charge in [0.15, 0.2) is 0 Å². The van der Waals surface area contributed by atoms with E-state index in [1.165, 1.54) is 13.2 Å². The Morgan fingerprint density at radius 1 is 1.00 bits per heavy atom. The van der Waals surface area contributed by atoms with Crippen molar-refractivity contribution in [2.45, 2.75) is 6.92 Å². The smallest absolute Gasteiger partial charge is 0.343 e. The third-order valence-corrected chi connectivity index (χ3v) is 2.98. The average molecular weight is 285 g/mol. The van der Waals surface area contributed by atoms with Gasteiger partial charge >= 0.3 is 11.9 Å². The number of anilines is 1. The second-order valence-electron chi connectivity index (χ2n) is 4.48. The molecule has 0 aliphatic heterocycles. The first-order valence-electron chi connectivity index (χ1n) is 6.28. The number of rotatable bonds is 3. The Labute approximate surface area is 122 Å². The van der Waals surface area contributed by atoms with Crippen LogP contribution < -0.4 is 10.5 Å². The van der Waals surface area contributed by atoms with Crippen molar-refractivity contribution < 1.29 is 19.1 Å². The summed E-state index contributed by atoms with van der Waals surface area (Å²) in [6.07, 6.45) is 0. The molecule has 0 saturated carbocycles. The van der Waals surface area contributed by atoms with Crippen LogP contribution in [0, 0.1) is 6.92 Å². The number of carbonyl (C=O) groups excluding carboxylic acids is 2. The number of ether oxygens (including phenoxy) is 2. The van der Waals surface area contributed by atoms with Crippen molar-refractivity contribution in [3.8, 4) is 5.75 Å². The predicted molar refractivity (Wildman–Crippen MR) is 78.3 cm³/mol. The molecule has 0 fully saturated rings. The summed E-state index contributed by atoms with van der Waals surface area (Å²) >= 11 is 0. The highest BCUT2D eigenvalue weighted by atomic mass is 16.5. The monoisotopic (exact) mass is 285 g/mol. The molecule has 0 spiro atoms. The lowest BCUT2D eigenvalue weighted by molar-refractivity contribution is 0.0597. The van der Waals surface area contributed by atoms with Crippen LogP contribution in [0.3, 0.4) is 0 Å². The van der Waals surface area contributed by atoms with E-state index in [1.54, 1.807) is 36.4 Å². The Morgan fingerprint density at radius 3 is 2.38 bits per heavy atom. The first-order chi connectivity index (χ1) is 10.0. The predicted octanol–water partition coefficient (Wildman–Crippen LogP) is 2.58. The lowest BCUT2D eigenvalue weighted by atomic mass is 10.1. The van der Waals surface area contributed by atoms with Gasteiger partial charge in [0.05, 0.1) is 18.2 Å². The number of nitrogens with two attached hydrogens (primary N) is 1. The van der Waals surface area contributed by atoms with Crippen molar-refractivity contribution in [1.82, 2.24) is 0 Å². The van der Waals surface area contributed by atoms with Crippen molar-refractivity contribution in [3.63, 3.8) is 0 Å². The van der Waals surface area contributed by atoms with E-state index in [1.807, 2.05) is 6.92 Å². The summed E-state index contributed by atoms with van der Waals surface area (Å²) in [5.41, 5.74) is 7.83. The zero-order chi connectivity index (χ0) is 15.4. The maximum Gasteiger partial charge on any atom is 0.343 e. The second-order valence-corrected chi connectivity index (χ2v) is 4.48. The van der Waals surface area contributed by atoms with Gasteiger partial charge in [-0.3, -0.25) is 0 Å². The largest absolute Gasteiger partial charge is 0.465 e. The molecule has 0 unspecified atom stereocenters. The highest BCUT2D eigenvalue weighted by Gasteiger charge is 2.12. The first-order valence-corrected chi connectivity index (χ1v) is 6.28. The average Bonchev–Trinajstić information content (AvgIpc) is 2.49. The minimum absolute atomic E-state index is 0.266. The number of methoxy groups -OCH3 is 1. The van der Waals surface area contributed by atoms with Crippen LogP contribution in [0.15, 0.2) is 42.5 Å². The Kier molecular flexibility index (Phi) is 4.23. The van der Waals surface area contributed by atoms with Crippen molar-refractivity contribution in [1.29, 1.82) is 0 Å². The summed E-state index contributed by atoms with van der Waals surface area (Å²) in [7, 11) is 1.29. The van der Waals surface area contributed by atoms with Gasteiger partial charge in [-0.05, 0) is 42.8 Å². The molecular weight excluding hydrogens is 270 g/mol. The van der Waals surface area contributed by atoms with Gasteiger partial charge in [0, 0.05) is 5.69 Å². The van der Waals surface area contributed by atoms with Gasteiger partial charge in [0.2, 0.25) is 0 Å². The van der Waals surface area contributed by atoms with E-state index in [0.29, 0.717) is 16.8 Å². The van der Waals surface area contributed by atoms with E-state index in [4.69, 9.17) is 10.5 Å². The number of esters is 2. The molecule has 2 aromatic carbocycles. The third kappa shape index (κ3) is 3.39. The third-order valence-electron chi connectivity index (χ3n) is 2.98. The molecule has 0 atom stereocenters. The molecule has 2 aromatic rings. The summed E-state index contributed by atoms with van der Waals surface area (Å²) in [6, 6.07) is 11.2. The van der Waals surface area contributed by atoms with Crippen LogP contribution in [-0.4, -0.2) is 19.0 Å². The van der Waals surface area contributed by atoms with Gasteiger partial charge in [-0.2, -0.15) is 0 Å². The van der Waals surface area contributed by atoms with E-state index >= 15 is 0 Å². The summed E-state index contributed by atoms with van der Waals surface area (Å²) in [4.78, 5) is 23.5. The lowest BCUT2D eigenvalue weighted by Crippen LogP contribution is -2.10. The van der Waals surface area contributed by atoms with Crippen molar-refractivity contribution in [3.05, 3.63) is 59.2 Å². The number of hydrogen-bond donors (Lipinski definition) is 1. The molecule has 2 N–H and O–H groups in total. The zero-order valence-corrected chi connectivity index (χ0v) is 11.8. The van der Waals surface area contributed by atoms with Crippen LogP contribution in [0.1, 0.15) is 26.3 Å². The molecule has 0 amide bonds. The quantitative estimate of drug-likeness (QED) is 0.532. The molecule has 0 aliphatic rings. The van der Waals surface area contributed by atoms with E-state index in [0.717, 1.165) is 5.56 Å². The van der Waals surface area contributed by atoms with Gasteiger partial charge in [-0.25, -0.2) is 9.59 Å². The van der Waals surface area contributed by atoms with Gasteiger partial charge < -0.3 is 15.2 Å². The van der Waals surface area contributed by atoms with E-state index < -0.39 is 11.9 Å². The molecule has 5 nitrogen and oxygen atoms in total. The molecule has 0 aromatic heterocycles. The maximum absolute atomic E-state index is 12.0. The Hall–Kier alpha value is -2.82. The Morgan fingerprint density at radius 2 is 1.71 bits per heavy atom. The van der Waals surface area contributed by atoms with Crippen LogP contribution in [0.5, 0.6) is 5.75 Å². The standard InChI is InChI=1S/C16H15NO4/c1-10-6-7-12(9-14(10)17)16(19)21-13-5-3-4-11(8-13)15(18)20-2/h3-9H,17H2,1-2H3. The summed E-state index contributed by atoms with van der Waals surface area (Å²) < 4.78 is 9.84. The second kappa shape index (κ2) is 6.09. The SMILES string of the molecule is COC(=O)c1cccc(OC(=O)c2ccc(C)c(N)c2)c1. The van der Waals surface area contributed by atoms with Crippen LogP contribution in [-0.2, 0) is 4.74 Å². The fraction of sp³-hybridized carbons (Fsp3) is 0.125. The highest BCUT2D eigenvalue weighted by Crippen LogP contribution is 2.18. The van der Waals surface area contributed by atoms with Gasteiger partial charge in [0.25, 0.3) is 0 Å². The van der Waals surface area contributed by atoms with Gasteiger partial charge in [-0.1, -0.05) is 12.1 Å². The summed E-state index contributed by atoms with van der Waals surface area (Å²) in [5.74, 6) is -0.766. The molecule has 0 heterocycles.